The van der Waals surface area contributed by atoms with Crippen molar-refractivity contribution in [3.63, 3.8) is 0 Å². The summed E-state index contributed by atoms with van der Waals surface area (Å²) < 4.78 is 27.1. The summed E-state index contributed by atoms with van der Waals surface area (Å²) in [6.07, 6.45) is 1.67. The first-order chi connectivity index (χ1) is 9.44. The monoisotopic (exact) mass is 315 g/mol. The fourth-order valence-corrected chi connectivity index (χ4v) is 3.78. The zero-order chi connectivity index (χ0) is 14.8. The molecule has 0 saturated carbocycles. The molecule has 0 aliphatic heterocycles. The van der Waals surface area contributed by atoms with E-state index in [9.17, 15) is 8.42 Å². The summed E-state index contributed by atoms with van der Waals surface area (Å²) in [5.74, 6) is 0. The molecule has 2 aromatic rings. The molecule has 0 spiro atoms. The maximum atomic E-state index is 12.3. The number of H-pyrrole nitrogens is 1. The third-order valence-electron chi connectivity index (χ3n) is 2.75. The van der Waals surface area contributed by atoms with Crippen LogP contribution in [-0.4, -0.2) is 30.6 Å². The molecule has 2 aromatic heterocycles. The summed E-state index contributed by atoms with van der Waals surface area (Å²) in [5, 5.41) is 10.5. The highest BCUT2D eigenvalue weighted by Crippen LogP contribution is 2.17. The number of hydrogen-bond donors (Lipinski definition) is 3. The number of rotatable bonds is 6. The second-order valence-electron chi connectivity index (χ2n) is 4.33. The molecule has 7 nitrogen and oxygen atoms in total. The fourth-order valence-electron chi connectivity index (χ4n) is 1.76. The number of aromatic nitrogens is 3. The largest absolute Gasteiger partial charge is 0.316 e. The van der Waals surface area contributed by atoms with Crippen LogP contribution in [0.3, 0.4) is 0 Å². The predicted octanol–water partition coefficient (Wildman–Crippen LogP) is 0.681. The van der Waals surface area contributed by atoms with Crippen molar-refractivity contribution in [3.8, 4) is 0 Å². The molecular formula is C11H17N5O2S2. The van der Waals surface area contributed by atoms with Crippen molar-refractivity contribution < 1.29 is 8.42 Å². The Kier molecular flexibility index (Phi) is 4.53. The predicted molar refractivity (Wildman–Crippen MR) is 77.0 cm³/mol. The van der Waals surface area contributed by atoms with E-state index in [-0.39, 0.29) is 11.6 Å². The van der Waals surface area contributed by atoms with Gasteiger partial charge in [-0.3, -0.25) is 5.10 Å². The third-order valence-corrected chi connectivity index (χ3v) is 5.03. The number of nitrogens with zero attached hydrogens (tertiary/aromatic N) is 2. The van der Waals surface area contributed by atoms with E-state index in [4.69, 9.17) is 0 Å². The van der Waals surface area contributed by atoms with Gasteiger partial charge >= 0.3 is 0 Å². The first-order valence-electron chi connectivity index (χ1n) is 6.03. The van der Waals surface area contributed by atoms with Crippen molar-refractivity contribution in [2.75, 3.05) is 7.05 Å². The van der Waals surface area contributed by atoms with Gasteiger partial charge in [-0.05, 0) is 20.9 Å². The Labute approximate surface area is 121 Å². The number of aryl methyl sites for hydroxylation is 2. The van der Waals surface area contributed by atoms with Crippen molar-refractivity contribution in [1.29, 1.82) is 0 Å². The van der Waals surface area contributed by atoms with E-state index < -0.39 is 10.0 Å². The van der Waals surface area contributed by atoms with Crippen LogP contribution in [0.4, 0.5) is 0 Å². The molecule has 2 heterocycles. The quantitative estimate of drug-likeness (QED) is 0.728. The summed E-state index contributed by atoms with van der Waals surface area (Å²) in [6.45, 7) is 4.34. The second-order valence-corrected chi connectivity index (χ2v) is 7.33. The molecule has 0 atom stereocenters. The molecule has 0 aliphatic carbocycles. The van der Waals surface area contributed by atoms with Gasteiger partial charge in [-0.1, -0.05) is 0 Å². The lowest BCUT2D eigenvalue weighted by molar-refractivity contribution is 0.575. The van der Waals surface area contributed by atoms with Gasteiger partial charge in [-0.15, -0.1) is 11.3 Å². The Morgan fingerprint density at radius 3 is 2.70 bits per heavy atom. The van der Waals surface area contributed by atoms with Crippen molar-refractivity contribution in [2.45, 2.75) is 32.0 Å². The lowest BCUT2D eigenvalue weighted by Gasteiger charge is -2.05. The number of sulfonamides is 1. The van der Waals surface area contributed by atoms with Crippen LogP contribution in [0.25, 0.3) is 0 Å². The summed E-state index contributed by atoms with van der Waals surface area (Å²) in [5.41, 5.74) is 1.40. The average Bonchev–Trinajstić information content (AvgIpc) is 2.96. The molecule has 3 N–H and O–H groups in total. The summed E-state index contributed by atoms with van der Waals surface area (Å²) >= 11 is 1.46. The molecule has 9 heteroatoms. The number of nitrogens with one attached hydrogen (secondary N) is 3. The molecule has 0 fully saturated rings. The van der Waals surface area contributed by atoms with Gasteiger partial charge in [0, 0.05) is 35.4 Å². The van der Waals surface area contributed by atoms with Crippen LogP contribution in [0.5, 0.6) is 0 Å². The third kappa shape index (κ3) is 3.23. The molecular weight excluding hydrogens is 298 g/mol. The number of aromatic amines is 1. The van der Waals surface area contributed by atoms with Crippen LogP contribution in [0.1, 0.15) is 21.1 Å². The lowest BCUT2D eigenvalue weighted by Crippen LogP contribution is -2.25. The second kappa shape index (κ2) is 6.00. The summed E-state index contributed by atoms with van der Waals surface area (Å²) in [6, 6.07) is 0. The number of thiazole rings is 1. The van der Waals surface area contributed by atoms with E-state index >= 15 is 0 Å². The highest BCUT2D eigenvalue weighted by atomic mass is 32.2. The molecule has 0 radical (unpaired) electrons. The highest BCUT2D eigenvalue weighted by Gasteiger charge is 2.23. The minimum absolute atomic E-state index is 0.0468. The van der Waals surface area contributed by atoms with E-state index in [1.807, 2.05) is 6.92 Å². The normalized spacial score (nSPS) is 11.9. The lowest BCUT2D eigenvalue weighted by atomic mass is 10.3. The van der Waals surface area contributed by atoms with Gasteiger partial charge in [0.1, 0.15) is 0 Å². The first-order valence-corrected chi connectivity index (χ1v) is 8.33. The molecule has 0 aromatic carbocycles. The maximum Gasteiger partial charge on any atom is 0.260 e. The Balaban J connectivity index is 2.18. The molecule has 0 bridgehead atoms. The smallest absolute Gasteiger partial charge is 0.260 e. The van der Waals surface area contributed by atoms with Crippen LogP contribution in [0.2, 0.25) is 0 Å². The van der Waals surface area contributed by atoms with Crippen LogP contribution < -0.4 is 10.0 Å². The Bertz CT molecular complexity index is 689. The molecule has 0 saturated heterocycles. The molecule has 110 valence electrons. The Morgan fingerprint density at radius 1 is 1.35 bits per heavy atom. The molecule has 20 heavy (non-hydrogen) atoms. The maximum absolute atomic E-state index is 12.3. The number of hydrogen-bond acceptors (Lipinski definition) is 6. The molecule has 0 amide bonds. The van der Waals surface area contributed by atoms with Crippen LogP contribution in [0.15, 0.2) is 11.2 Å². The van der Waals surface area contributed by atoms with Crippen molar-refractivity contribution in [1.82, 2.24) is 25.2 Å². The first kappa shape index (κ1) is 15.1. The van der Waals surface area contributed by atoms with Gasteiger partial charge in [0.15, 0.2) is 5.03 Å². The minimum atomic E-state index is -3.63. The van der Waals surface area contributed by atoms with Crippen LogP contribution in [0, 0.1) is 13.8 Å². The highest BCUT2D eigenvalue weighted by molar-refractivity contribution is 7.89. The topological polar surface area (TPSA) is 99.8 Å². The van der Waals surface area contributed by atoms with E-state index in [1.54, 1.807) is 20.2 Å². The summed E-state index contributed by atoms with van der Waals surface area (Å²) in [7, 11) is -1.87. The zero-order valence-electron chi connectivity index (χ0n) is 11.5. The van der Waals surface area contributed by atoms with Gasteiger partial charge in [0.25, 0.3) is 10.0 Å². The molecule has 0 aliphatic rings. The SMILES string of the molecule is CNCc1c(S(=O)(=O)NCc2cnc(C)s2)n[nH]c1C. The average molecular weight is 315 g/mol. The zero-order valence-corrected chi connectivity index (χ0v) is 13.2. The van der Waals surface area contributed by atoms with Gasteiger partial charge in [0.2, 0.25) is 0 Å². The van der Waals surface area contributed by atoms with Crippen LogP contribution >= 0.6 is 11.3 Å². The molecule has 0 unspecified atom stereocenters. The van der Waals surface area contributed by atoms with Crippen LogP contribution in [-0.2, 0) is 23.1 Å². The van der Waals surface area contributed by atoms with E-state index in [0.29, 0.717) is 12.1 Å². The van der Waals surface area contributed by atoms with E-state index in [2.05, 4.69) is 25.2 Å². The van der Waals surface area contributed by atoms with Gasteiger partial charge in [0.05, 0.1) is 5.01 Å². The summed E-state index contributed by atoms with van der Waals surface area (Å²) in [4.78, 5) is 4.96. The van der Waals surface area contributed by atoms with Gasteiger partial charge < -0.3 is 5.32 Å². The van der Waals surface area contributed by atoms with Crippen molar-refractivity contribution in [2.24, 2.45) is 0 Å². The standard InChI is InChI=1S/C11H17N5O2S2/c1-7-10(6-12-3)11(16-15-7)20(17,18)14-5-9-4-13-8(2)19-9/h4,12,14H,5-6H2,1-3H3,(H,15,16). The molecule has 2 rings (SSSR count). The Morgan fingerprint density at radius 2 is 2.10 bits per heavy atom. The van der Waals surface area contributed by atoms with E-state index in [1.165, 1.54) is 11.3 Å². The minimum Gasteiger partial charge on any atom is -0.316 e. The Hall–Kier alpha value is -1.29. The van der Waals surface area contributed by atoms with E-state index in [0.717, 1.165) is 15.6 Å². The van der Waals surface area contributed by atoms with Gasteiger partial charge in [-0.25, -0.2) is 18.1 Å². The van der Waals surface area contributed by atoms with Crippen molar-refractivity contribution >= 4 is 21.4 Å². The fraction of sp³-hybridized carbons (Fsp3) is 0.455. The van der Waals surface area contributed by atoms with Crippen molar-refractivity contribution in [3.05, 3.63) is 27.3 Å². The van der Waals surface area contributed by atoms with Gasteiger partial charge in [-0.2, -0.15) is 5.10 Å².